The van der Waals surface area contributed by atoms with Crippen LogP contribution in [-0.4, -0.2) is 0 Å². The summed E-state index contributed by atoms with van der Waals surface area (Å²) in [5.41, 5.74) is 12.0. The van der Waals surface area contributed by atoms with Gasteiger partial charge in [-0.05, 0) is 114 Å². The number of rotatable bonds is 10. The summed E-state index contributed by atoms with van der Waals surface area (Å²) >= 11 is 3.55. The molecular weight excluding hydrogens is 665 g/mol. The molecule has 0 aliphatic carbocycles. The third-order valence-corrected chi connectivity index (χ3v) is 10.9. The minimum atomic E-state index is 1.17. The van der Waals surface area contributed by atoms with Crippen molar-refractivity contribution in [2.75, 3.05) is 0 Å². The smallest absolute Gasteiger partial charge is 0.0348 e. The van der Waals surface area contributed by atoms with Gasteiger partial charge in [0.25, 0.3) is 0 Å². The monoisotopic (exact) mass is 700 g/mol. The third-order valence-electron chi connectivity index (χ3n) is 9.08. The summed E-state index contributed by atoms with van der Waals surface area (Å²) in [6.45, 7) is 0. The lowest BCUT2D eigenvalue weighted by Gasteiger charge is -2.07. The summed E-state index contributed by atoms with van der Waals surface area (Å²) in [5.74, 6) is 0. The zero-order valence-corrected chi connectivity index (χ0v) is 30.2. The summed E-state index contributed by atoms with van der Waals surface area (Å²) in [7, 11) is 0. The van der Waals surface area contributed by atoms with Gasteiger partial charge in [0.15, 0.2) is 0 Å². The minimum absolute atomic E-state index is 1.17. The van der Waals surface area contributed by atoms with Crippen LogP contribution in [0.4, 0.5) is 0 Å². The van der Waals surface area contributed by atoms with E-state index in [1.807, 2.05) is 0 Å². The van der Waals surface area contributed by atoms with Gasteiger partial charge in [-0.3, -0.25) is 0 Å². The van der Waals surface area contributed by atoms with Gasteiger partial charge in [-0.15, -0.1) is 22.7 Å². The Hall–Kier alpha value is -6.06. The predicted molar refractivity (Wildman–Crippen MR) is 230 cm³/mol. The number of fused-ring (bicyclic) bond motifs is 1. The fourth-order valence-corrected chi connectivity index (χ4v) is 7.94. The highest BCUT2D eigenvalue weighted by Gasteiger charge is 2.08. The van der Waals surface area contributed by atoms with Crippen LogP contribution in [0.5, 0.6) is 0 Å². The van der Waals surface area contributed by atoms with Crippen LogP contribution in [0, 0.1) is 0 Å². The Kier molecular flexibility index (Phi) is 10.1. The van der Waals surface area contributed by atoms with Crippen LogP contribution in [0.2, 0.25) is 0 Å². The first kappa shape index (κ1) is 33.1. The first-order valence-corrected chi connectivity index (χ1v) is 19.2. The largest absolute Gasteiger partial charge is 0.144 e. The molecule has 0 amide bonds. The molecule has 0 aliphatic heterocycles. The van der Waals surface area contributed by atoms with Crippen LogP contribution in [0.25, 0.3) is 58.4 Å². The lowest BCUT2D eigenvalue weighted by atomic mass is 9.98. The standard InChI is InChI=1S/C50H36S2/c1-3-11-42(12-4-1)47(49-17-9-31-51-49)35-39-24-19-37(20-25-39)23-28-41-33-44-15-7-8-16-46(44)45(34-41)30-29-38-21-26-40(27-22-38)36-48(50-18-10-32-52-50)43-13-5-2-6-14-43/h1-36H. The van der Waals surface area contributed by atoms with Crippen molar-refractivity contribution in [3.05, 3.63) is 235 Å². The Labute approximate surface area is 314 Å². The molecule has 0 atom stereocenters. The number of hydrogen-bond acceptors (Lipinski definition) is 2. The molecule has 0 saturated carbocycles. The Morgan fingerprint density at radius 3 is 1.35 bits per heavy atom. The molecule has 2 aromatic heterocycles. The van der Waals surface area contributed by atoms with Crippen LogP contribution in [0.15, 0.2) is 181 Å². The van der Waals surface area contributed by atoms with E-state index < -0.39 is 0 Å². The molecule has 0 unspecified atom stereocenters. The molecule has 0 N–H and O–H groups in total. The summed E-state index contributed by atoms with van der Waals surface area (Å²) in [6.07, 6.45) is 13.4. The van der Waals surface area contributed by atoms with Crippen molar-refractivity contribution >= 4 is 81.0 Å². The van der Waals surface area contributed by atoms with Gasteiger partial charge in [0.05, 0.1) is 0 Å². The molecule has 0 radical (unpaired) electrons. The highest BCUT2D eigenvalue weighted by molar-refractivity contribution is 7.11. The average Bonchev–Trinajstić information content (AvgIpc) is 3.95. The molecule has 8 aromatic rings. The maximum Gasteiger partial charge on any atom is 0.0348 e. The van der Waals surface area contributed by atoms with Crippen LogP contribution < -0.4 is 0 Å². The average molecular weight is 701 g/mol. The normalized spacial score (nSPS) is 12.3. The minimum Gasteiger partial charge on any atom is -0.144 e. The van der Waals surface area contributed by atoms with E-state index in [0.29, 0.717) is 0 Å². The van der Waals surface area contributed by atoms with E-state index in [1.54, 1.807) is 22.7 Å². The van der Waals surface area contributed by atoms with Crippen molar-refractivity contribution in [1.82, 2.24) is 0 Å². The second kappa shape index (κ2) is 15.9. The van der Waals surface area contributed by atoms with E-state index in [-0.39, 0.29) is 0 Å². The van der Waals surface area contributed by atoms with Crippen molar-refractivity contribution in [3.63, 3.8) is 0 Å². The lowest BCUT2D eigenvalue weighted by molar-refractivity contribution is 1.59. The van der Waals surface area contributed by atoms with E-state index >= 15 is 0 Å². The van der Waals surface area contributed by atoms with Gasteiger partial charge < -0.3 is 0 Å². The van der Waals surface area contributed by atoms with Crippen molar-refractivity contribution in [3.8, 4) is 0 Å². The molecule has 52 heavy (non-hydrogen) atoms. The Morgan fingerprint density at radius 2 is 0.827 bits per heavy atom. The quantitative estimate of drug-likeness (QED) is 0.125. The molecule has 0 saturated heterocycles. The number of thiophene rings is 2. The van der Waals surface area contributed by atoms with Gasteiger partial charge >= 0.3 is 0 Å². The number of benzene rings is 6. The van der Waals surface area contributed by atoms with Gasteiger partial charge in [-0.1, -0.05) is 170 Å². The fourth-order valence-electron chi connectivity index (χ4n) is 6.41. The molecule has 248 valence electrons. The van der Waals surface area contributed by atoms with Gasteiger partial charge in [0, 0.05) is 9.75 Å². The van der Waals surface area contributed by atoms with E-state index in [2.05, 4.69) is 217 Å². The molecule has 8 rings (SSSR count). The zero-order valence-electron chi connectivity index (χ0n) is 28.6. The van der Waals surface area contributed by atoms with Crippen LogP contribution >= 0.6 is 22.7 Å². The molecule has 0 nitrogen and oxygen atoms in total. The second-order valence-electron chi connectivity index (χ2n) is 12.6. The Bertz CT molecular complexity index is 2490. The van der Waals surface area contributed by atoms with E-state index in [1.165, 1.54) is 76.2 Å². The first-order chi connectivity index (χ1) is 25.7. The predicted octanol–water partition coefficient (Wildman–Crippen LogP) is 14.5. The molecule has 0 spiro atoms. The molecule has 0 fully saturated rings. The molecule has 0 bridgehead atoms. The van der Waals surface area contributed by atoms with E-state index in [4.69, 9.17) is 0 Å². The van der Waals surface area contributed by atoms with Gasteiger partial charge in [-0.25, -0.2) is 0 Å². The van der Waals surface area contributed by atoms with Gasteiger partial charge in [-0.2, -0.15) is 0 Å². The molecular formula is C50H36S2. The third kappa shape index (κ3) is 7.95. The Morgan fingerprint density at radius 1 is 0.365 bits per heavy atom. The Balaban J connectivity index is 1.02. The van der Waals surface area contributed by atoms with Gasteiger partial charge in [0.1, 0.15) is 0 Å². The molecule has 6 aromatic carbocycles. The SMILES string of the molecule is C(=Cc1cc(C=Cc2ccc(C=C(c3ccccc3)c3cccs3)cc2)c2ccccc2c1)c1ccc(C=C(c2ccccc2)c2cccs2)cc1. The highest BCUT2D eigenvalue weighted by Crippen LogP contribution is 2.31. The van der Waals surface area contributed by atoms with Crippen molar-refractivity contribution < 1.29 is 0 Å². The lowest BCUT2D eigenvalue weighted by Crippen LogP contribution is -1.85. The van der Waals surface area contributed by atoms with Crippen molar-refractivity contribution in [2.24, 2.45) is 0 Å². The van der Waals surface area contributed by atoms with Crippen LogP contribution in [0.3, 0.4) is 0 Å². The zero-order chi connectivity index (χ0) is 35.0. The molecule has 0 aliphatic rings. The maximum absolute atomic E-state index is 2.29. The summed E-state index contributed by atoms with van der Waals surface area (Å²) in [6, 6.07) is 60.7. The fraction of sp³-hybridized carbons (Fsp3) is 0. The number of hydrogen-bond donors (Lipinski definition) is 0. The van der Waals surface area contributed by atoms with Gasteiger partial charge in [0.2, 0.25) is 0 Å². The van der Waals surface area contributed by atoms with E-state index in [0.717, 1.165) is 0 Å². The van der Waals surface area contributed by atoms with Crippen LogP contribution in [-0.2, 0) is 0 Å². The highest BCUT2D eigenvalue weighted by atomic mass is 32.1. The van der Waals surface area contributed by atoms with Crippen molar-refractivity contribution in [2.45, 2.75) is 0 Å². The molecule has 2 heteroatoms. The summed E-state index contributed by atoms with van der Waals surface area (Å²) in [5, 5.41) is 6.75. The first-order valence-electron chi connectivity index (χ1n) is 17.5. The molecule has 2 heterocycles. The summed E-state index contributed by atoms with van der Waals surface area (Å²) in [4.78, 5) is 2.54. The summed E-state index contributed by atoms with van der Waals surface area (Å²) < 4.78 is 0. The van der Waals surface area contributed by atoms with Crippen molar-refractivity contribution in [1.29, 1.82) is 0 Å². The topological polar surface area (TPSA) is 0 Å². The maximum atomic E-state index is 2.29. The second-order valence-corrected chi connectivity index (χ2v) is 14.5. The van der Waals surface area contributed by atoms with E-state index in [9.17, 15) is 0 Å². The van der Waals surface area contributed by atoms with Crippen LogP contribution in [0.1, 0.15) is 54.3 Å².